The Kier molecular flexibility index (Phi) is 10.1. The van der Waals surface area contributed by atoms with Crippen LogP contribution < -0.4 is 10.6 Å². The molecule has 0 saturated heterocycles. The topological polar surface area (TPSA) is 95.5 Å². The van der Waals surface area contributed by atoms with E-state index >= 15 is 0 Å². The summed E-state index contributed by atoms with van der Waals surface area (Å²) < 4.78 is 10.9. The molecule has 0 aliphatic heterocycles. The number of nitrogens with one attached hydrogen (secondary N) is 2. The van der Waals surface area contributed by atoms with Crippen LogP contribution in [0.5, 0.6) is 0 Å². The molecule has 19 heavy (non-hydrogen) atoms. The third kappa shape index (κ3) is 13.1. The van der Waals surface area contributed by atoms with Crippen LogP contribution in [-0.4, -0.2) is 45.9 Å². The maximum atomic E-state index is 11.4. The van der Waals surface area contributed by atoms with Crippen molar-refractivity contribution in [3.63, 3.8) is 0 Å². The molecule has 0 aromatic carbocycles. The Bertz CT molecular complexity index is 310. The van der Waals surface area contributed by atoms with Crippen LogP contribution in [0.3, 0.4) is 0 Å². The van der Waals surface area contributed by atoms with E-state index in [1.165, 1.54) is 0 Å². The van der Waals surface area contributed by atoms with Gasteiger partial charge in [0.15, 0.2) is 0 Å². The molecule has 0 aliphatic carbocycles. The minimum atomic E-state index is -0.918. The molecule has 0 radical (unpaired) electrons. The molecule has 0 saturated carbocycles. The van der Waals surface area contributed by atoms with Crippen LogP contribution in [0.15, 0.2) is 0 Å². The Morgan fingerprint density at radius 1 is 1.21 bits per heavy atom. The molecule has 0 rings (SSSR count). The van der Waals surface area contributed by atoms with Gasteiger partial charge in [-0.25, -0.2) is 4.79 Å². The van der Waals surface area contributed by atoms with Gasteiger partial charge in [0.05, 0.1) is 0 Å². The Balaban J connectivity index is 3.43. The maximum absolute atomic E-state index is 11.4. The van der Waals surface area contributed by atoms with E-state index in [4.69, 9.17) is 5.11 Å². The van der Waals surface area contributed by atoms with Gasteiger partial charge in [-0.05, 0) is 19.8 Å². The van der Waals surface area contributed by atoms with E-state index in [9.17, 15) is 13.8 Å². The van der Waals surface area contributed by atoms with Gasteiger partial charge in [-0.2, -0.15) is 0 Å². The summed E-state index contributed by atoms with van der Waals surface area (Å²) in [4.78, 5) is 21.7. The van der Waals surface area contributed by atoms with Crippen LogP contribution in [0.2, 0.25) is 0 Å². The number of urea groups is 1. The zero-order valence-electron chi connectivity index (χ0n) is 11.6. The van der Waals surface area contributed by atoms with Crippen LogP contribution >= 0.6 is 0 Å². The molecule has 0 aliphatic rings. The van der Waals surface area contributed by atoms with Gasteiger partial charge in [0.25, 0.3) is 0 Å². The van der Waals surface area contributed by atoms with E-state index in [1.54, 1.807) is 6.26 Å². The van der Waals surface area contributed by atoms with Gasteiger partial charge in [-0.15, -0.1) is 0 Å². The maximum Gasteiger partial charge on any atom is 0.315 e. The van der Waals surface area contributed by atoms with Gasteiger partial charge < -0.3 is 15.7 Å². The molecule has 0 aromatic rings. The fourth-order valence-electron chi connectivity index (χ4n) is 1.63. The second kappa shape index (κ2) is 10.8. The first kappa shape index (κ1) is 17.9. The summed E-state index contributed by atoms with van der Waals surface area (Å²) in [6, 6.07) is -0.357. The lowest BCUT2D eigenvalue weighted by Crippen LogP contribution is -2.43. The summed E-state index contributed by atoms with van der Waals surface area (Å²) in [5.41, 5.74) is 0. The van der Waals surface area contributed by atoms with E-state index in [0.717, 1.165) is 19.3 Å². The molecule has 0 fully saturated rings. The first-order chi connectivity index (χ1) is 8.91. The lowest BCUT2D eigenvalue weighted by molar-refractivity contribution is -0.137. The number of amides is 2. The Morgan fingerprint density at radius 2 is 1.84 bits per heavy atom. The molecule has 7 heteroatoms. The SMILES string of the molecule is CC(CS(C)=O)NC(=O)NCCCCCCC(=O)O. The third-order valence-corrected chi connectivity index (χ3v) is 3.43. The number of carboxylic acids is 1. The first-order valence-electron chi connectivity index (χ1n) is 6.48. The first-order valence-corrected chi connectivity index (χ1v) is 8.20. The summed E-state index contributed by atoms with van der Waals surface area (Å²) in [6.45, 7) is 2.38. The molecule has 6 nitrogen and oxygen atoms in total. The number of unbranched alkanes of at least 4 members (excludes halogenated alkanes) is 3. The van der Waals surface area contributed by atoms with E-state index in [0.29, 0.717) is 18.7 Å². The average molecular weight is 292 g/mol. The highest BCUT2D eigenvalue weighted by Gasteiger charge is 2.07. The quantitative estimate of drug-likeness (QED) is 0.525. The molecule has 3 N–H and O–H groups in total. The number of carbonyl (C=O) groups excluding carboxylic acids is 1. The summed E-state index contributed by atoms with van der Waals surface area (Å²) >= 11 is 0. The number of carboxylic acid groups (broad SMARTS) is 1. The smallest absolute Gasteiger partial charge is 0.315 e. The normalized spacial score (nSPS) is 13.6. The fraction of sp³-hybridized carbons (Fsp3) is 0.833. The molecule has 2 atom stereocenters. The van der Waals surface area contributed by atoms with Crippen molar-refractivity contribution in [3.8, 4) is 0 Å². The molecule has 0 spiro atoms. The van der Waals surface area contributed by atoms with Crippen molar-refractivity contribution in [2.45, 2.75) is 45.1 Å². The van der Waals surface area contributed by atoms with Crippen molar-refractivity contribution in [2.75, 3.05) is 18.6 Å². The van der Waals surface area contributed by atoms with Crippen molar-refractivity contribution in [2.24, 2.45) is 0 Å². The predicted octanol–water partition coefficient (Wildman–Crippen LogP) is 1.09. The van der Waals surface area contributed by atoms with Crippen LogP contribution in [0, 0.1) is 0 Å². The highest BCUT2D eigenvalue weighted by atomic mass is 32.2. The summed E-state index contributed by atoms with van der Waals surface area (Å²) in [6.07, 6.45) is 5.09. The van der Waals surface area contributed by atoms with Crippen molar-refractivity contribution in [3.05, 3.63) is 0 Å². The van der Waals surface area contributed by atoms with Gasteiger partial charge in [0.2, 0.25) is 0 Å². The van der Waals surface area contributed by atoms with Crippen LogP contribution in [0.25, 0.3) is 0 Å². The molecule has 0 bridgehead atoms. The standard InChI is InChI=1S/C12H24N2O4S/c1-10(9-19(2)18)14-12(17)13-8-6-4-3-5-7-11(15)16/h10H,3-9H2,1-2H3,(H,15,16)(H2,13,14,17). The number of carbonyl (C=O) groups is 2. The van der Waals surface area contributed by atoms with Crippen molar-refractivity contribution < 1.29 is 18.9 Å². The Morgan fingerprint density at radius 3 is 2.42 bits per heavy atom. The minimum absolute atomic E-state index is 0.110. The fourth-order valence-corrected chi connectivity index (χ4v) is 2.41. The molecule has 2 unspecified atom stereocenters. The number of aliphatic carboxylic acids is 1. The molecular formula is C12H24N2O4S. The highest BCUT2D eigenvalue weighted by Crippen LogP contribution is 2.02. The zero-order valence-corrected chi connectivity index (χ0v) is 12.4. The molecule has 112 valence electrons. The number of hydrogen-bond donors (Lipinski definition) is 3. The van der Waals surface area contributed by atoms with Crippen LogP contribution in [0.4, 0.5) is 4.79 Å². The average Bonchev–Trinajstić information content (AvgIpc) is 2.25. The van der Waals surface area contributed by atoms with Gasteiger partial charge in [-0.3, -0.25) is 9.00 Å². The molecule has 0 aromatic heterocycles. The van der Waals surface area contributed by atoms with Gasteiger partial charge in [0.1, 0.15) is 0 Å². The second-order valence-electron chi connectivity index (χ2n) is 4.60. The van der Waals surface area contributed by atoms with Crippen LogP contribution in [-0.2, 0) is 15.6 Å². The molecular weight excluding hydrogens is 268 g/mol. The monoisotopic (exact) mass is 292 g/mol. The van der Waals surface area contributed by atoms with E-state index in [1.807, 2.05) is 6.92 Å². The minimum Gasteiger partial charge on any atom is -0.481 e. The third-order valence-electron chi connectivity index (χ3n) is 2.47. The highest BCUT2D eigenvalue weighted by molar-refractivity contribution is 7.84. The molecule has 0 heterocycles. The summed E-state index contributed by atoms with van der Waals surface area (Å²) in [5.74, 6) is -0.317. The van der Waals surface area contributed by atoms with E-state index in [2.05, 4.69) is 10.6 Å². The lowest BCUT2D eigenvalue weighted by atomic mass is 10.1. The predicted molar refractivity (Wildman–Crippen MR) is 75.7 cm³/mol. The summed E-state index contributed by atoms with van der Waals surface area (Å²) in [5, 5.41) is 13.9. The van der Waals surface area contributed by atoms with Crippen LogP contribution in [0.1, 0.15) is 39.0 Å². The van der Waals surface area contributed by atoms with E-state index in [-0.39, 0.29) is 18.5 Å². The van der Waals surface area contributed by atoms with Crippen molar-refractivity contribution >= 4 is 22.8 Å². The zero-order chi connectivity index (χ0) is 14.7. The van der Waals surface area contributed by atoms with Gasteiger partial charge in [0, 0.05) is 41.8 Å². The van der Waals surface area contributed by atoms with E-state index < -0.39 is 16.8 Å². The summed E-state index contributed by atoms with van der Waals surface area (Å²) in [7, 11) is -0.918. The van der Waals surface area contributed by atoms with Crippen molar-refractivity contribution in [1.29, 1.82) is 0 Å². The molecule has 2 amide bonds. The van der Waals surface area contributed by atoms with Gasteiger partial charge >= 0.3 is 12.0 Å². The second-order valence-corrected chi connectivity index (χ2v) is 6.08. The largest absolute Gasteiger partial charge is 0.481 e. The Hall–Kier alpha value is -1.11. The van der Waals surface area contributed by atoms with Crippen molar-refractivity contribution in [1.82, 2.24) is 10.6 Å². The van der Waals surface area contributed by atoms with Gasteiger partial charge in [-0.1, -0.05) is 12.8 Å². The Labute approximate surface area is 116 Å². The number of rotatable bonds is 10. The number of hydrogen-bond acceptors (Lipinski definition) is 3. The lowest BCUT2D eigenvalue weighted by Gasteiger charge is -2.13.